The summed E-state index contributed by atoms with van der Waals surface area (Å²) in [4.78, 5) is 16.0. The third-order valence-corrected chi connectivity index (χ3v) is 5.51. The van der Waals surface area contributed by atoms with E-state index in [1.807, 2.05) is 24.3 Å². The van der Waals surface area contributed by atoms with Gasteiger partial charge in [-0.1, -0.05) is 42.0 Å². The van der Waals surface area contributed by atoms with Crippen molar-refractivity contribution < 1.29 is 9.53 Å². The molecule has 2 aromatic carbocycles. The summed E-state index contributed by atoms with van der Waals surface area (Å²) >= 11 is 0. The Bertz CT molecular complexity index is 853. The Morgan fingerprint density at radius 3 is 2.45 bits per heavy atom. The lowest BCUT2D eigenvalue weighted by Crippen LogP contribution is -2.41. The van der Waals surface area contributed by atoms with E-state index < -0.39 is 0 Å². The molecule has 1 aliphatic heterocycles. The topological polar surface area (TPSA) is 74.8 Å². The van der Waals surface area contributed by atoms with Gasteiger partial charge in [-0.2, -0.15) is 0 Å². The quantitative estimate of drug-likeness (QED) is 0.298. The van der Waals surface area contributed by atoms with Crippen LogP contribution in [0.25, 0.3) is 0 Å². The van der Waals surface area contributed by atoms with Crippen molar-refractivity contribution in [3.05, 3.63) is 70.8 Å². The summed E-state index contributed by atoms with van der Waals surface area (Å²) < 4.78 is 6.12. The molecule has 1 heterocycles. The van der Waals surface area contributed by atoms with Gasteiger partial charge in [0.15, 0.2) is 5.96 Å². The smallest absolute Gasteiger partial charge is 0.251 e. The van der Waals surface area contributed by atoms with E-state index in [0.29, 0.717) is 18.0 Å². The van der Waals surface area contributed by atoms with E-state index in [1.165, 1.54) is 11.1 Å². The Morgan fingerprint density at radius 2 is 1.81 bits per heavy atom. The molecule has 3 N–H and O–H groups in total. The van der Waals surface area contributed by atoms with Crippen molar-refractivity contribution in [1.82, 2.24) is 16.0 Å². The zero-order chi connectivity index (χ0) is 21.3. The van der Waals surface area contributed by atoms with Gasteiger partial charge in [0, 0.05) is 45.3 Å². The highest BCUT2D eigenvalue weighted by molar-refractivity contribution is 14.0. The highest BCUT2D eigenvalue weighted by Gasteiger charge is 2.27. The van der Waals surface area contributed by atoms with Crippen LogP contribution >= 0.6 is 24.0 Å². The number of nitrogens with one attached hydrogen (secondary N) is 3. The van der Waals surface area contributed by atoms with E-state index >= 15 is 0 Å². The molecule has 2 aromatic rings. The average Bonchev–Trinajstić information content (AvgIpc) is 2.80. The molecular formula is C24H33IN4O2. The van der Waals surface area contributed by atoms with Crippen molar-refractivity contribution in [2.75, 3.05) is 27.2 Å². The molecule has 0 aromatic heterocycles. The molecule has 3 rings (SSSR count). The van der Waals surface area contributed by atoms with Gasteiger partial charge >= 0.3 is 0 Å². The molecule has 1 fully saturated rings. The predicted octanol–water partition coefficient (Wildman–Crippen LogP) is 3.81. The maximum absolute atomic E-state index is 11.7. The molecule has 2 atom stereocenters. The third kappa shape index (κ3) is 7.21. The van der Waals surface area contributed by atoms with Crippen LogP contribution in [0.2, 0.25) is 0 Å². The second-order valence-corrected chi connectivity index (χ2v) is 7.69. The van der Waals surface area contributed by atoms with Gasteiger partial charge in [0.25, 0.3) is 5.91 Å². The summed E-state index contributed by atoms with van der Waals surface area (Å²) in [5.41, 5.74) is 4.25. The number of aliphatic imine (C=N–C) groups is 1. The van der Waals surface area contributed by atoms with Crippen molar-refractivity contribution in [2.45, 2.75) is 32.4 Å². The van der Waals surface area contributed by atoms with Crippen LogP contribution < -0.4 is 16.0 Å². The van der Waals surface area contributed by atoms with Crippen molar-refractivity contribution in [1.29, 1.82) is 0 Å². The molecule has 1 saturated heterocycles. The summed E-state index contributed by atoms with van der Waals surface area (Å²) in [6.45, 7) is 4.35. The van der Waals surface area contributed by atoms with Crippen LogP contribution in [0.4, 0.5) is 0 Å². The summed E-state index contributed by atoms with van der Waals surface area (Å²) in [6, 6.07) is 16.2. The molecule has 2 unspecified atom stereocenters. The van der Waals surface area contributed by atoms with Gasteiger partial charge in [-0.25, -0.2) is 0 Å². The Morgan fingerprint density at radius 1 is 1.10 bits per heavy atom. The van der Waals surface area contributed by atoms with E-state index in [9.17, 15) is 4.79 Å². The lowest BCUT2D eigenvalue weighted by atomic mass is 9.89. The number of hydrogen-bond donors (Lipinski definition) is 3. The van der Waals surface area contributed by atoms with E-state index in [2.05, 4.69) is 52.1 Å². The number of aryl methyl sites for hydroxylation is 1. The standard InChI is InChI=1S/C24H32N4O2.HI/c1-17-6-10-19(11-7-17)22-21(5-4-14-30-22)16-28-24(26-3)27-15-18-8-12-20(13-9-18)23(29)25-2;/h6-13,21-22H,4-5,14-16H2,1-3H3,(H,25,29)(H2,26,27,28);1H. The fourth-order valence-corrected chi connectivity index (χ4v) is 3.73. The Hall–Kier alpha value is -2.13. The van der Waals surface area contributed by atoms with Crippen molar-refractivity contribution in [2.24, 2.45) is 10.9 Å². The number of hydrogen-bond acceptors (Lipinski definition) is 3. The maximum Gasteiger partial charge on any atom is 0.251 e. The van der Waals surface area contributed by atoms with Gasteiger partial charge in [-0.15, -0.1) is 24.0 Å². The van der Waals surface area contributed by atoms with Crippen LogP contribution in [0.3, 0.4) is 0 Å². The highest BCUT2D eigenvalue weighted by atomic mass is 127. The zero-order valence-electron chi connectivity index (χ0n) is 18.5. The molecule has 0 saturated carbocycles. The average molecular weight is 536 g/mol. The van der Waals surface area contributed by atoms with E-state index in [1.54, 1.807) is 14.1 Å². The number of carbonyl (C=O) groups is 1. The first-order chi connectivity index (χ1) is 14.6. The molecule has 0 aliphatic carbocycles. The van der Waals surface area contributed by atoms with Gasteiger partial charge in [0.2, 0.25) is 0 Å². The predicted molar refractivity (Wildman–Crippen MR) is 136 cm³/mol. The van der Waals surface area contributed by atoms with Crippen molar-refractivity contribution in [3.63, 3.8) is 0 Å². The largest absolute Gasteiger partial charge is 0.373 e. The molecule has 6 nitrogen and oxygen atoms in total. The second-order valence-electron chi connectivity index (χ2n) is 7.69. The van der Waals surface area contributed by atoms with Crippen molar-refractivity contribution in [3.8, 4) is 0 Å². The summed E-state index contributed by atoms with van der Waals surface area (Å²) in [5.74, 6) is 1.08. The highest BCUT2D eigenvalue weighted by Crippen LogP contribution is 2.33. The van der Waals surface area contributed by atoms with Gasteiger partial charge < -0.3 is 20.7 Å². The second kappa shape index (κ2) is 12.7. The molecule has 1 aliphatic rings. The monoisotopic (exact) mass is 536 g/mol. The minimum absolute atomic E-state index is 0. The number of guanidine groups is 1. The van der Waals surface area contributed by atoms with E-state index in [-0.39, 0.29) is 36.0 Å². The Labute approximate surface area is 202 Å². The number of ether oxygens (including phenoxy) is 1. The Balaban J connectivity index is 0.00000341. The lowest BCUT2D eigenvalue weighted by molar-refractivity contribution is -0.0265. The molecule has 0 spiro atoms. The summed E-state index contributed by atoms with van der Waals surface area (Å²) in [5, 5.41) is 9.43. The molecule has 1 amide bonds. The fraction of sp³-hybridized carbons (Fsp3) is 0.417. The first-order valence-electron chi connectivity index (χ1n) is 10.5. The number of amides is 1. The molecule has 0 bridgehead atoms. The van der Waals surface area contributed by atoms with Crippen LogP contribution in [-0.2, 0) is 11.3 Å². The van der Waals surface area contributed by atoms with E-state index in [4.69, 9.17) is 4.74 Å². The van der Waals surface area contributed by atoms with Crippen LogP contribution in [0, 0.1) is 12.8 Å². The first-order valence-corrected chi connectivity index (χ1v) is 10.5. The SMILES string of the molecule is CN=C(NCc1ccc(C(=O)NC)cc1)NCC1CCCOC1c1ccc(C)cc1.I. The van der Waals surface area contributed by atoms with Crippen LogP contribution in [0.15, 0.2) is 53.5 Å². The number of carbonyl (C=O) groups excluding carboxylic acids is 1. The summed E-state index contributed by atoms with van der Waals surface area (Å²) in [6.07, 6.45) is 2.32. The Kier molecular flexibility index (Phi) is 10.3. The maximum atomic E-state index is 11.7. The normalized spacial score (nSPS) is 18.6. The minimum Gasteiger partial charge on any atom is -0.373 e. The van der Waals surface area contributed by atoms with Crippen LogP contribution in [0.5, 0.6) is 0 Å². The molecule has 7 heteroatoms. The first kappa shape index (κ1) is 25.1. The minimum atomic E-state index is -0.0789. The zero-order valence-corrected chi connectivity index (χ0v) is 20.8. The van der Waals surface area contributed by atoms with E-state index in [0.717, 1.165) is 37.5 Å². The van der Waals surface area contributed by atoms with Gasteiger partial charge in [-0.3, -0.25) is 9.79 Å². The third-order valence-electron chi connectivity index (χ3n) is 5.51. The number of halogens is 1. The number of benzene rings is 2. The van der Waals surface area contributed by atoms with Crippen LogP contribution in [-0.4, -0.2) is 39.1 Å². The van der Waals surface area contributed by atoms with Gasteiger partial charge in [0.1, 0.15) is 0 Å². The summed E-state index contributed by atoms with van der Waals surface area (Å²) in [7, 11) is 3.41. The molecular weight excluding hydrogens is 503 g/mol. The van der Waals surface area contributed by atoms with Crippen molar-refractivity contribution >= 4 is 35.8 Å². The number of nitrogens with zero attached hydrogens (tertiary/aromatic N) is 1. The molecule has 0 radical (unpaired) electrons. The molecule has 168 valence electrons. The van der Waals surface area contributed by atoms with Crippen LogP contribution in [0.1, 0.15) is 46.0 Å². The van der Waals surface area contributed by atoms with Gasteiger partial charge in [-0.05, 0) is 43.0 Å². The lowest BCUT2D eigenvalue weighted by Gasteiger charge is -2.32. The fourth-order valence-electron chi connectivity index (χ4n) is 3.73. The number of rotatable bonds is 6. The molecule has 31 heavy (non-hydrogen) atoms. The van der Waals surface area contributed by atoms with Gasteiger partial charge in [0.05, 0.1) is 6.10 Å².